The Hall–Kier alpha value is -3.35. The number of carbonyl (C=O) groups is 1. The van der Waals surface area contributed by atoms with Crippen molar-refractivity contribution in [3.8, 4) is 11.8 Å². The van der Waals surface area contributed by atoms with Gasteiger partial charge in [-0.15, -0.1) is 0 Å². The van der Waals surface area contributed by atoms with Crippen molar-refractivity contribution in [3.63, 3.8) is 0 Å². The van der Waals surface area contributed by atoms with Crippen LogP contribution in [0.5, 0.6) is 0 Å². The predicted molar refractivity (Wildman–Crippen MR) is 158 cm³/mol. The average Bonchev–Trinajstić information content (AvgIpc) is 2.83. The molecule has 1 heterocycles. The van der Waals surface area contributed by atoms with Gasteiger partial charge in [0.2, 0.25) is 5.43 Å². The number of hydrogen-bond acceptors (Lipinski definition) is 4. The molecule has 0 spiro atoms. The summed E-state index contributed by atoms with van der Waals surface area (Å²) in [7, 11) is -2.53. The number of esters is 1. The van der Waals surface area contributed by atoms with Gasteiger partial charge in [-0.2, -0.15) is 0 Å². The van der Waals surface area contributed by atoms with Crippen molar-refractivity contribution in [2.24, 2.45) is 5.41 Å². The van der Waals surface area contributed by atoms with E-state index in [1.807, 2.05) is 47.7 Å². The summed E-state index contributed by atoms with van der Waals surface area (Å²) in [6.45, 7) is 15.6. The van der Waals surface area contributed by atoms with E-state index in [1.54, 1.807) is 11.5 Å². The molecule has 0 saturated heterocycles. The second-order valence-corrected chi connectivity index (χ2v) is 17.1. The largest absolute Gasteiger partial charge is 0.462 e. The summed E-state index contributed by atoms with van der Waals surface area (Å²) in [6, 6.07) is 5.04. The van der Waals surface area contributed by atoms with Crippen LogP contribution < -0.4 is 5.43 Å². The lowest BCUT2D eigenvalue weighted by Crippen LogP contribution is -2.40. The van der Waals surface area contributed by atoms with E-state index in [1.165, 1.54) is 18.3 Å². The summed E-state index contributed by atoms with van der Waals surface area (Å²) in [6.07, 6.45) is 2.68. The number of fused-ring (bicyclic) bond motifs is 1. The number of halogens is 3. The highest BCUT2D eigenvalue weighted by Crippen LogP contribution is 2.45. The molecule has 3 aromatic rings. The second kappa shape index (κ2) is 11.9. The van der Waals surface area contributed by atoms with Gasteiger partial charge in [-0.1, -0.05) is 46.5 Å². The predicted octanol–water partition coefficient (Wildman–Crippen LogP) is 7.34. The molecule has 0 aliphatic heterocycles. The standard InChI is InChI=1S/C32H38F3NO4Si/c1-9-40-30(38)24-19-36(28(31(2,3)4)14-15-32(5,6)41(7,8)39)27-18-26(35)21(16-23(27)29(24)37)11-10-20-12-13-22(33)17-25(20)34/h12-13,16-19,28,39H,9,14-15H2,1-8H3/t28-/m1/s1. The molecule has 1 N–H and O–H groups in total. The number of ether oxygens (including phenoxy) is 1. The topological polar surface area (TPSA) is 68.5 Å². The minimum absolute atomic E-state index is 0.0613. The number of rotatable bonds is 7. The fourth-order valence-electron chi connectivity index (χ4n) is 4.60. The van der Waals surface area contributed by atoms with Crippen molar-refractivity contribution < 1.29 is 27.5 Å². The maximum Gasteiger partial charge on any atom is 0.343 e. The van der Waals surface area contributed by atoms with E-state index in [2.05, 4.69) is 11.8 Å². The Kier molecular flexibility index (Phi) is 9.31. The maximum atomic E-state index is 15.5. The van der Waals surface area contributed by atoms with Crippen LogP contribution in [0.25, 0.3) is 10.9 Å². The fraction of sp³-hybridized carbons (Fsp3) is 0.438. The molecule has 0 unspecified atom stereocenters. The van der Waals surface area contributed by atoms with Crippen LogP contribution in [0.3, 0.4) is 0 Å². The van der Waals surface area contributed by atoms with Crippen molar-refractivity contribution in [3.05, 3.63) is 80.9 Å². The van der Waals surface area contributed by atoms with E-state index in [9.17, 15) is 23.2 Å². The Bertz CT molecular complexity index is 1590. The van der Waals surface area contributed by atoms with E-state index in [0.717, 1.165) is 12.1 Å². The number of hydrogen-bond donors (Lipinski definition) is 1. The van der Waals surface area contributed by atoms with Crippen LogP contribution in [0.15, 0.2) is 41.3 Å². The van der Waals surface area contributed by atoms with Crippen LogP contribution >= 0.6 is 0 Å². The van der Waals surface area contributed by atoms with Gasteiger partial charge in [0, 0.05) is 23.7 Å². The lowest BCUT2D eigenvalue weighted by molar-refractivity contribution is 0.0523. The zero-order valence-corrected chi connectivity index (χ0v) is 25.9. The first-order valence-corrected chi connectivity index (χ1v) is 16.6. The SMILES string of the molecule is CCOC(=O)c1cn([C@H](CCC(C)(C)[Si](C)(C)O)C(C)(C)C)c2cc(F)c(C#Cc3ccc(F)cc3F)cc2c1=O. The number of pyridine rings is 1. The molecule has 9 heteroatoms. The summed E-state index contributed by atoms with van der Waals surface area (Å²) in [4.78, 5) is 37.3. The number of benzene rings is 2. The van der Waals surface area contributed by atoms with Crippen molar-refractivity contribution in [2.45, 2.75) is 78.6 Å². The highest BCUT2D eigenvalue weighted by Gasteiger charge is 2.39. The van der Waals surface area contributed by atoms with Gasteiger partial charge in [0.15, 0.2) is 8.32 Å². The highest BCUT2D eigenvalue weighted by atomic mass is 28.4. The molecule has 0 fully saturated rings. The smallest absolute Gasteiger partial charge is 0.343 e. The summed E-state index contributed by atoms with van der Waals surface area (Å²) in [5, 5.41) is -0.273. The van der Waals surface area contributed by atoms with Gasteiger partial charge in [0.1, 0.15) is 23.0 Å². The van der Waals surface area contributed by atoms with E-state index >= 15 is 4.39 Å². The Morgan fingerprint density at radius 2 is 1.63 bits per heavy atom. The van der Waals surface area contributed by atoms with Crippen LogP contribution in [0, 0.1) is 34.7 Å². The average molecular weight is 586 g/mol. The van der Waals surface area contributed by atoms with E-state index < -0.39 is 37.2 Å². The van der Waals surface area contributed by atoms with Crippen molar-refractivity contribution >= 4 is 25.2 Å². The molecular formula is C32H38F3NO4Si. The van der Waals surface area contributed by atoms with Gasteiger partial charge < -0.3 is 14.1 Å². The van der Waals surface area contributed by atoms with Crippen molar-refractivity contribution in [2.75, 3.05) is 6.61 Å². The van der Waals surface area contributed by atoms with Crippen LogP contribution in [0.1, 0.15) is 81.9 Å². The molecule has 2 aromatic carbocycles. The number of carbonyl (C=O) groups excluding carboxylic acids is 1. The molecule has 220 valence electrons. The van der Waals surface area contributed by atoms with Crippen LogP contribution in [0.4, 0.5) is 13.2 Å². The molecule has 0 bridgehead atoms. The summed E-state index contributed by atoms with van der Waals surface area (Å²) in [5.41, 5.74) is -1.25. The molecular weight excluding hydrogens is 547 g/mol. The minimum atomic E-state index is -2.53. The Labute approximate surface area is 240 Å². The Morgan fingerprint density at radius 1 is 1.02 bits per heavy atom. The normalized spacial score (nSPS) is 13.1. The Balaban J connectivity index is 2.28. The minimum Gasteiger partial charge on any atom is -0.462 e. The zero-order chi connectivity index (χ0) is 30.9. The molecule has 0 aliphatic rings. The summed E-state index contributed by atoms with van der Waals surface area (Å²) < 4.78 is 49.8. The van der Waals surface area contributed by atoms with Crippen LogP contribution in [0.2, 0.25) is 18.1 Å². The lowest BCUT2D eigenvalue weighted by Gasteiger charge is -2.40. The van der Waals surface area contributed by atoms with Crippen molar-refractivity contribution in [1.82, 2.24) is 4.57 Å². The molecule has 0 aliphatic carbocycles. The van der Waals surface area contributed by atoms with E-state index in [4.69, 9.17) is 4.74 Å². The first kappa shape index (κ1) is 32.2. The second-order valence-electron chi connectivity index (χ2n) is 12.6. The first-order chi connectivity index (χ1) is 18.9. The highest BCUT2D eigenvalue weighted by molar-refractivity contribution is 6.72. The van der Waals surface area contributed by atoms with Crippen LogP contribution in [-0.2, 0) is 4.74 Å². The van der Waals surface area contributed by atoms with Gasteiger partial charge in [-0.3, -0.25) is 4.79 Å². The van der Waals surface area contributed by atoms with Crippen LogP contribution in [-0.4, -0.2) is 30.3 Å². The summed E-state index contributed by atoms with van der Waals surface area (Å²) in [5.74, 6) is 1.86. The quantitative estimate of drug-likeness (QED) is 0.179. The molecule has 41 heavy (non-hydrogen) atoms. The monoisotopic (exact) mass is 585 g/mol. The lowest BCUT2D eigenvalue weighted by atomic mass is 9.82. The molecule has 0 saturated carbocycles. The number of nitrogens with zero attached hydrogens (tertiary/aromatic N) is 1. The van der Waals surface area contributed by atoms with E-state index in [0.29, 0.717) is 18.9 Å². The molecule has 1 aromatic heterocycles. The molecule has 0 radical (unpaired) electrons. The third-order valence-electron chi connectivity index (χ3n) is 7.91. The summed E-state index contributed by atoms with van der Waals surface area (Å²) >= 11 is 0. The number of aromatic nitrogens is 1. The van der Waals surface area contributed by atoms with Gasteiger partial charge >= 0.3 is 5.97 Å². The van der Waals surface area contributed by atoms with E-state index in [-0.39, 0.29) is 50.7 Å². The zero-order valence-electron chi connectivity index (χ0n) is 24.9. The first-order valence-electron chi connectivity index (χ1n) is 13.6. The van der Waals surface area contributed by atoms with Crippen molar-refractivity contribution in [1.29, 1.82) is 0 Å². The third kappa shape index (κ3) is 7.11. The maximum absolute atomic E-state index is 15.5. The third-order valence-corrected chi connectivity index (χ3v) is 11.5. The van der Waals surface area contributed by atoms with Gasteiger partial charge in [0.25, 0.3) is 0 Å². The molecule has 5 nitrogen and oxygen atoms in total. The van der Waals surface area contributed by atoms with Gasteiger partial charge in [0.05, 0.1) is 23.3 Å². The molecule has 1 atom stereocenters. The molecule has 3 rings (SSSR count). The Morgan fingerprint density at radius 3 is 2.20 bits per heavy atom. The van der Waals surface area contributed by atoms with Gasteiger partial charge in [-0.25, -0.2) is 18.0 Å². The fourth-order valence-corrected chi connectivity index (χ4v) is 5.35. The van der Waals surface area contributed by atoms with Gasteiger partial charge in [-0.05, 0) is 67.6 Å². The molecule has 0 amide bonds.